The molecule has 0 aromatic rings. The molecule has 0 aromatic carbocycles. The number of hydrogen-bond acceptors (Lipinski definition) is 10. The van der Waals surface area contributed by atoms with E-state index in [0.717, 1.165) is 51.4 Å². The molecule has 10 nitrogen and oxygen atoms in total. The molecule has 1 aliphatic rings. The zero-order valence-corrected chi connectivity index (χ0v) is 40.3. The lowest BCUT2D eigenvalue weighted by Crippen LogP contribution is -2.59. The van der Waals surface area contributed by atoms with Gasteiger partial charge in [0.1, 0.15) is 31.0 Å². The average Bonchev–Trinajstić information content (AvgIpc) is 3.28. The van der Waals surface area contributed by atoms with Gasteiger partial charge in [-0.2, -0.15) is 0 Å². The van der Waals surface area contributed by atoms with Crippen molar-refractivity contribution in [3.8, 4) is 0 Å². The molecule has 0 spiro atoms. The van der Waals surface area contributed by atoms with Crippen LogP contribution < -0.4 is 0 Å². The van der Waals surface area contributed by atoms with Crippen molar-refractivity contribution in [1.29, 1.82) is 0 Å². The van der Waals surface area contributed by atoms with Crippen molar-refractivity contribution in [2.75, 3.05) is 19.8 Å². The SMILES string of the molecule is CCCCCCCCCC/C=C/CCCCCC(=O)O[C@@H](COC(=O)CCC/C=C/CC/C=C/CCCCCCCCCCCCCCCC)CO[C@H]1O[C@@H](CO)[C@@H](O)C(O)C1O. The second-order valence-corrected chi connectivity index (χ2v) is 18.0. The highest BCUT2D eigenvalue weighted by Crippen LogP contribution is 2.23. The Morgan fingerprint density at radius 1 is 0.476 bits per heavy atom. The van der Waals surface area contributed by atoms with Crippen molar-refractivity contribution >= 4 is 11.9 Å². The van der Waals surface area contributed by atoms with E-state index >= 15 is 0 Å². The van der Waals surface area contributed by atoms with E-state index in [1.54, 1.807) is 0 Å². The number of ether oxygens (including phenoxy) is 4. The molecule has 0 aromatic heterocycles. The molecule has 4 N–H and O–H groups in total. The monoisotopic (exact) mass is 893 g/mol. The highest BCUT2D eigenvalue weighted by molar-refractivity contribution is 5.70. The predicted molar refractivity (Wildman–Crippen MR) is 256 cm³/mol. The first kappa shape index (κ1) is 58.9. The molecular formula is C53H96O10. The summed E-state index contributed by atoms with van der Waals surface area (Å²) >= 11 is 0. The smallest absolute Gasteiger partial charge is 0.306 e. The predicted octanol–water partition coefficient (Wildman–Crippen LogP) is 12.2. The third kappa shape index (κ3) is 34.9. The van der Waals surface area contributed by atoms with Crippen molar-refractivity contribution in [2.45, 2.75) is 269 Å². The van der Waals surface area contributed by atoms with E-state index in [1.807, 2.05) is 0 Å². The summed E-state index contributed by atoms with van der Waals surface area (Å²) in [5.74, 6) is -0.868. The number of esters is 2. The van der Waals surface area contributed by atoms with Crippen LogP contribution in [0.5, 0.6) is 0 Å². The molecule has 63 heavy (non-hydrogen) atoms. The molecule has 368 valence electrons. The van der Waals surface area contributed by atoms with E-state index in [2.05, 4.69) is 50.3 Å². The summed E-state index contributed by atoms with van der Waals surface area (Å²) in [7, 11) is 0. The zero-order valence-electron chi connectivity index (χ0n) is 40.3. The van der Waals surface area contributed by atoms with Crippen molar-refractivity contribution in [3.63, 3.8) is 0 Å². The summed E-state index contributed by atoms with van der Waals surface area (Å²) < 4.78 is 22.2. The second-order valence-electron chi connectivity index (χ2n) is 18.0. The Morgan fingerprint density at radius 2 is 0.873 bits per heavy atom. The maximum atomic E-state index is 12.8. The molecule has 0 amide bonds. The van der Waals surface area contributed by atoms with Gasteiger partial charge in [0.15, 0.2) is 12.4 Å². The number of aliphatic hydroxyl groups excluding tert-OH is 4. The van der Waals surface area contributed by atoms with E-state index < -0.39 is 55.4 Å². The molecule has 1 aliphatic heterocycles. The lowest BCUT2D eigenvalue weighted by molar-refractivity contribution is -0.305. The molecule has 1 fully saturated rings. The third-order valence-electron chi connectivity index (χ3n) is 12.0. The van der Waals surface area contributed by atoms with Crippen LogP contribution in [0.2, 0.25) is 0 Å². The molecule has 1 heterocycles. The van der Waals surface area contributed by atoms with Gasteiger partial charge in [-0.05, 0) is 70.6 Å². The number of aliphatic hydroxyl groups is 4. The van der Waals surface area contributed by atoms with Crippen LogP contribution in [0.25, 0.3) is 0 Å². The number of unbranched alkanes of at least 4 members (excludes halogenated alkanes) is 27. The summed E-state index contributed by atoms with van der Waals surface area (Å²) in [5.41, 5.74) is 0. The van der Waals surface area contributed by atoms with E-state index in [-0.39, 0.29) is 26.1 Å². The summed E-state index contributed by atoms with van der Waals surface area (Å²) in [6, 6.07) is 0. The summed E-state index contributed by atoms with van der Waals surface area (Å²) in [4.78, 5) is 25.4. The topological polar surface area (TPSA) is 152 Å². The molecule has 0 saturated carbocycles. The average molecular weight is 893 g/mol. The molecular weight excluding hydrogens is 797 g/mol. The van der Waals surface area contributed by atoms with Gasteiger partial charge in [0, 0.05) is 12.8 Å². The minimum atomic E-state index is -1.60. The van der Waals surface area contributed by atoms with Crippen LogP contribution >= 0.6 is 0 Å². The molecule has 2 unspecified atom stereocenters. The van der Waals surface area contributed by atoms with Crippen LogP contribution in [0.15, 0.2) is 36.5 Å². The van der Waals surface area contributed by atoms with Crippen LogP contribution in [-0.2, 0) is 28.5 Å². The van der Waals surface area contributed by atoms with Crippen molar-refractivity contribution in [2.24, 2.45) is 0 Å². The first-order valence-corrected chi connectivity index (χ1v) is 26.1. The maximum Gasteiger partial charge on any atom is 0.306 e. The van der Waals surface area contributed by atoms with Gasteiger partial charge in [-0.25, -0.2) is 0 Å². The molecule has 1 saturated heterocycles. The van der Waals surface area contributed by atoms with Gasteiger partial charge in [0.25, 0.3) is 0 Å². The van der Waals surface area contributed by atoms with Gasteiger partial charge in [0.2, 0.25) is 0 Å². The summed E-state index contributed by atoms with van der Waals surface area (Å²) in [5, 5.41) is 40.2. The van der Waals surface area contributed by atoms with Gasteiger partial charge in [-0.15, -0.1) is 0 Å². The van der Waals surface area contributed by atoms with Crippen LogP contribution in [0.3, 0.4) is 0 Å². The van der Waals surface area contributed by atoms with Crippen molar-refractivity contribution in [3.05, 3.63) is 36.5 Å². The van der Waals surface area contributed by atoms with Crippen LogP contribution in [-0.4, -0.2) is 89.0 Å². The quantitative estimate of drug-likeness (QED) is 0.0264. The largest absolute Gasteiger partial charge is 0.462 e. The first-order valence-electron chi connectivity index (χ1n) is 26.1. The number of carbonyl (C=O) groups excluding carboxylic acids is 2. The van der Waals surface area contributed by atoms with E-state index in [0.29, 0.717) is 12.8 Å². The Kier molecular flexibility index (Phi) is 41.0. The van der Waals surface area contributed by atoms with Gasteiger partial charge < -0.3 is 39.4 Å². The van der Waals surface area contributed by atoms with Gasteiger partial charge in [-0.3, -0.25) is 9.59 Å². The molecule has 1 rings (SSSR count). The summed E-state index contributed by atoms with van der Waals surface area (Å²) in [6.45, 7) is 3.40. The highest BCUT2D eigenvalue weighted by atomic mass is 16.7. The Bertz CT molecular complexity index is 1120. The lowest BCUT2D eigenvalue weighted by Gasteiger charge is -2.39. The van der Waals surface area contributed by atoms with Crippen LogP contribution in [0, 0.1) is 0 Å². The summed E-state index contributed by atoms with van der Waals surface area (Å²) in [6.07, 6.45) is 44.6. The van der Waals surface area contributed by atoms with Crippen molar-refractivity contribution in [1.82, 2.24) is 0 Å². The Labute approximate surface area is 385 Å². The molecule has 6 atom stereocenters. The van der Waals surface area contributed by atoms with E-state index in [1.165, 1.54) is 141 Å². The zero-order chi connectivity index (χ0) is 45.9. The van der Waals surface area contributed by atoms with Gasteiger partial charge >= 0.3 is 11.9 Å². The molecule has 0 bridgehead atoms. The molecule has 0 aliphatic carbocycles. The molecule has 10 heteroatoms. The fourth-order valence-electron chi connectivity index (χ4n) is 7.85. The standard InChI is InChI=1S/C53H96O10/c1-3-5-7-9-11-13-15-17-19-20-21-22-23-24-25-26-28-29-31-33-35-37-39-41-48(55)60-44-46(45-61-53-52(59)51(58)50(57)47(43-54)63-53)62-49(56)42-40-38-36-34-32-30-27-18-16-14-12-10-8-6-4-2/h26,28,30,32-33,35,46-47,50-54,57-59H,3-25,27,29,31,34,36-45H2,1-2H3/b28-26+,32-30+,35-33+/t46-,47-,50+,51?,52?,53-/m0/s1. The highest BCUT2D eigenvalue weighted by Gasteiger charge is 2.44. The van der Waals surface area contributed by atoms with E-state index in [4.69, 9.17) is 18.9 Å². The van der Waals surface area contributed by atoms with E-state index in [9.17, 15) is 30.0 Å². The number of hydrogen-bond donors (Lipinski definition) is 4. The number of allylic oxidation sites excluding steroid dienone is 6. The fraction of sp³-hybridized carbons (Fsp3) is 0.849. The fourth-order valence-corrected chi connectivity index (χ4v) is 7.85. The Morgan fingerprint density at radius 3 is 1.33 bits per heavy atom. The number of rotatable bonds is 44. The normalized spacial score (nSPS) is 19.7. The maximum absolute atomic E-state index is 12.8. The Hall–Kier alpha value is -2.08. The minimum Gasteiger partial charge on any atom is -0.462 e. The number of carbonyl (C=O) groups is 2. The van der Waals surface area contributed by atoms with Crippen LogP contribution in [0.4, 0.5) is 0 Å². The Balaban J connectivity index is 2.27. The first-order chi connectivity index (χ1) is 30.8. The lowest BCUT2D eigenvalue weighted by atomic mass is 9.99. The molecule has 0 radical (unpaired) electrons. The van der Waals surface area contributed by atoms with Gasteiger partial charge in [0.05, 0.1) is 13.2 Å². The third-order valence-corrected chi connectivity index (χ3v) is 12.0. The van der Waals surface area contributed by atoms with Gasteiger partial charge in [-0.1, -0.05) is 185 Å². The second kappa shape index (κ2) is 43.8. The van der Waals surface area contributed by atoms with Crippen LogP contribution in [0.1, 0.15) is 232 Å². The van der Waals surface area contributed by atoms with Crippen molar-refractivity contribution < 1.29 is 49.0 Å². The minimum absolute atomic E-state index is 0.202.